The van der Waals surface area contributed by atoms with E-state index < -0.39 is 29.7 Å². The number of amides is 2. The first-order valence-corrected chi connectivity index (χ1v) is 8.92. The summed E-state index contributed by atoms with van der Waals surface area (Å²) in [5, 5.41) is 16.1. The van der Waals surface area contributed by atoms with Crippen molar-refractivity contribution in [2.45, 2.75) is 19.9 Å². The summed E-state index contributed by atoms with van der Waals surface area (Å²) >= 11 is 3.10. The minimum atomic E-state index is -1.40. The van der Waals surface area contributed by atoms with E-state index in [-0.39, 0.29) is 11.5 Å². The van der Waals surface area contributed by atoms with Gasteiger partial charge in [0.15, 0.2) is 10.4 Å². The minimum absolute atomic E-state index is 0.00560. The minimum Gasteiger partial charge on any atom is -0.548 e. The van der Waals surface area contributed by atoms with Gasteiger partial charge < -0.3 is 25.0 Å². The molecule has 2 aromatic rings. The Labute approximate surface area is 164 Å². The van der Waals surface area contributed by atoms with E-state index in [1.165, 1.54) is 12.1 Å². The molecular formula is C19H18BrN2O5-. The SMILES string of the molecule is CC(C)[C@@H](NC(=O)/C(=C\c1ccccc1)NC(=O)c1ccc(Br)o1)C(=O)[O-]. The molecular weight excluding hydrogens is 416 g/mol. The summed E-state index contributed by atoms with van der Waals surface area (Å²) in [6.45, 7) is 3.28. The van der Waals surface area contributed by atoms with E-state index in [4.69, 9.17) is 4.42 Å². The van der Waals surface area contributed by atoms with Crippen LogP contribution in [0.15, 0.2) is 57.2 Å². The number of rotatable bonds is 7. The molecule has 1 atom stereocenters. The number of carbonyl (C=O) groups excluding carboxylic acids is 3. The molecule has 2 N–H and O–H groups in total. The van der Waals surface area contributed by atoms with Crippen LogP contribution in [0, 0.1) is 5.92 Å². The predicted molar refractivity (Wildman–Crippen MR) is 100 cm³/mol. The lowest BCUT2D eigenvalue weighted by Gasteiger charge is -2.24. The van der Waals surface area contributed by atoms with E-state index >= 15 is 0 Å². The summed E-state index contributed by atoms with van der Waals surface area (Å²) in [7, 11) is 0. The third-order valence-corrected chi connectivity index (χ3v) is 4.03. The van der Waals surface area contributed by atoms with E-state index in [1.54, 1.807) is 50.2 Å². The molecule has 1 aromatic carbocycles. The van der Waals surface area contributed by atoms with Crippen LogP contribution in [0.4, 0.5) is 0 Å². The van der Waals surface area contributed by atoms with Crippen LogP contribution < -0.4 is 15.7 Å². The average molecular weight is 434 g/mol. The van der Waals surface area contributed by atoms with Crippen molar-refractivity contribution in [3.63, 3.8) is 0 Å². The molecule has 0 aliphatic carbocycles. The van der Waals surface area contributed by atoms with Crippen molar-refractivity contribution >= 4 is 39.8 Å². The Kier molecular flexibility index (Phi) is 6.95. The molecule has 1 heterocycles. The number of carboxylic acids is 1. The molecule has 0 aliphatic heterocycles. The van der Waals surface area contributed by atoms with Crippen LogP contribution in [0.2, 0.25) is 0 Å². The summed E-state index contributed by atoms with van der Waals surface area (Å²) in [6, 6.07) is 10.6. The Morgan fingerprint density at radius 2 is 1.78 bits per heavy atom. The van der Waals surface area contributed by atoms with E-state index in [1.807, 2.05) is 0 Å². The molecule has 0 bridgehead atoms. The fraction of sp³-hybridized carbons (Fsp3) is 0.211. The Morgan fingerprint density at radius 3 is 2.30 bits per heavy atom. The number of furan rings is 1. The summed E-state index contributed by atoms with van der Waals surface area (Å²) in [5.74, 6) is -3.20. The molecule has 8 heteroatoms. The van der Waals surface area contributed by atoms with Crippen LogP contribution in [0.1, 0.15) is 30.0 Å². The molecule has 142 valence electrons. The smallest absolute Gasteiger partial charge is 0.291 e. The zero-order chi connectivity index (χ0) is 20.0. The van der Waals surface area contributed by atoms with Gasteiger partial charge in [0.25, 0.3) is 11.8 Å². The summed E-state index contributed by atoms with van der Waals surface area (Å²) in [4.78, 5) is 36.2. The Balaban J connectivity index is 2.29. The maximum absolute atomic E-state index is 12.6. The van der Waals surface area contributed by atoms with Crippen molar-refractivity contribution in [1.82, 2.24) is 10.6 Å². The van der Waals surface area contributed by atoms with E-state index in [0.717, 1.165) is 0 Å². The number of nitrogens with one attached hydrogen (secondary N) is 2. The number of hydrogen-bond donors (Lipinski definition) is 2. The highest BCUT2D eigenvalue weighted by atomic mass is 79.9. The number of carboxylic acid groups (broad SMARTS) is 1. The standard InChI is InChI=1S/C19H19BrN2O5/c1-11(2)16(19(25)26)22-17(23)13(10-12-6-4-3-5-7-12)21-18(24)14-8-9-15(20)27-14/h3-11,16H,1-2H3,(H,21,24)(H,22,23)(H,25,26)/p-1/b13-10+/t16-/m1/s1. The maximum atomic E-state index is 12.6. The largest absolute Gasteiger partial charge is 0.548 e. The van der Waals surface area contributed by atoms with Crippen LogP contribution >= 0.6 is 15.9 Å². The molecule has 7 nitrogen and oxygen atoms in total. The first-order valence-electron chi connectivity index (χ1n) is 8.13. The van der Waals surface area contributed by atoms with Gasteiger partial charge in [-0.25, -0.2) is 0 Å². The molecule has 0 fully saturated rings. The predicted octanol–water partition coefficient (Wildman–Crippen LogP) is 1.70. The molecule has 0 aliphatic rings. The van der Waals surface area contributed by atoms with Crippen LogP contribution in [-0.4, -0.2) is 23.8 Å². The van der Waals surface area contributed by atoms with Gasteiger partial charge in [0, 0.05) is 0 Å². The number of halogens is 1. The van der Waals surface area contributed by atoms with Crippen molar-refractivity contribution in [2.75, 3.05) is 0 Å². The van der Waals surface area contributed by atoms with Gasteiger partial charge in [-0.2, -0.15) is 0 Å². The van der Waals surface area contributed by atoms with Crippen molar-refractivity contribution < 1.29 is 23.9 Å². The highest BCUT2D eigenvalue weighted by Gasteiger charge is 2.22. The van der Waals surface area contributed by atoms with Crippen LogP contribution in [-0.2, 0) is 9.59 Å². The van der Waals surface area contributed by atoms with E-state index in [2.05, 4.69) is 26.6 Å². The van der Waals surface area contributed by atoms with E-state index in [0.29, 0.717) is 10.2 Å². The average Bonchev–Trinajstić information content (AvgIpc) is 3.05. The fourth-order valence-corrected chi connectivity index (χ4v) is 2.52. The molecule has 27 heavy (non-hydrogen) atoms. The molecule has 2 rings (SSSR count). The maximum Gasteiger partial charge on any atom is 0.291 e. The summed E-state index contributed by atoms with van der Waals surface area (Å²) < 4.78 is 5.54. The summed E-state index contributed by atoms with van der Waals surface area (Å²) in [5.41, 5.74) is 0.531. The topological polar surface area (TPSA) is 111 Å². The highest BCUT2D eigenvalue weighted by Crippen LogP contribution is 2.15. The summed E-state index contributed by atoms with van der Waals surface area (Å²) in [6.07, 6.45) is 1.44. The van der Waals surface area contributed by atoms with Gasteiger partial charge >= 0.3 is 0 Å². The second kappa shape index (κ2) is 9.18. The van der Waals surface area contributed by atoms with Gasteiger partial charge in [0.05, 0.1) is 12.0 Å². The molecule has 0 spiro atoms. The van der Waals surface area contributed by atoms with Gasteiger partial charge in [0.1, 0.15) is 5.70 Å². The lowest BCUT2D eigenvalue weighted by molar-refractivity contribution is -0.309. The Hall–Kier alpha value is -2.87. The monoisotopic (exact) mass is 433 g/mol. The van der Waals surface area contributed by atoms with Gasteiger partial charge in [-0.15, -0.1) is 0 Å². The first kappa shape index (κ1) is 20.4. The van der Waals surface area contributed by atoms with Gasteiger partial charge in [-0.1, -0.05) is 44.2 Å². The normalized spacial score (nSPS) is 12.5. The van der Waals surface area contributed by atoms with Crippen molar-refractivity contribution in [1.29, 1.82) is 0 Å². The zero-order valence-electron chi connectivity index (χ0n) is 14.7. The number of aliphatic carboxylic acids is 1. The molecule has 0 saturated heterocycles. The number of carbonyl (C=O) groups is 3. The lowest BCUT2D eigenvalue weighted by atomic mass is 10.0. The highest BCUT2D eigenvalue weighted by molar-refractivity contribution is 9.10. The molecule has 0 unspecified atom stereocenters. The lowest BCUT2D eigenvalue weighted by Crippen LogP contribution is -2.52. The fourth-order valence-electron chi connectivity index (χ4n) is 2.21. The first-order chi connectivity index (χ1) is 12.8. The van der Waals surface area contributed by atoms with Gasteiger partial charge in [0.2, 0.25) is 0 Å². The second-order valence-corrected chi connectivity index (χ2v) is 6.82. The Morgan fingerprint density at radius 1 is 1.11 bits per heavy atom. The van der Waals surface area contributed by atoms with Gasteiger partial charge in [-0.3, -0.25) is 9.59 Å². The zero-order valence-corrected chi connectivity index (χ0v) is 16.3. The second-order valence-electron chi connectivity index (χ2n) is 6.04. The third kappa shape index (κ3) is 5.82. The van der Waals surface area contributed by atoms with Crippen molar-refractivity contribution in [2.24, 2.45) is 5.92 Å². The number of hydrogen-bond acceptors (Lipinski definition) is 5. The number of benzene rings is 1. The van der Waals surface area contributed by atoms with E-state index in [9.17, 15) is 19.5 Å². The molecule has 0 radical (unpaired) electrons. The quantitative estimate of drug-likeness (QED) is 0.645. The van der Waals surface area contributed by atoms with Crippen molar-refractivity contribution in [3.8, 4) is 0 Å². The van der Waals surface area contributed by atoms with Crippen LogP contribution in [0.25, 0.3) is 6.08 Å². The Bertz CT molecular complexity index is 858. The van der Waals surface area contributed by atoms with Gasteiger partial charge in [-0.05, 0) is 45.6 Å². The van der Waals surface area contributed by atoms with Crippen molar-refractivity contribution in [3.05, 3.63) is 64.2 Å². The molecule has 0 saturated carbocycles. The van der Waals surface area contributed by atoms with Crippen LogP contribution in [0.5, 0.6) is 0 Å². The molecule has 2 amide bonds. The van der Waals surface area contributed by atoms with Crippen LogP contribution in [0.3, 0.4) is 0 Å². The molecule has 1 aromatic heterocycles. The third-order valence-electron chi connectivity index (χ3n) is 3.61.